The number of benzene rings is 4. The Morgan fingerprint density at radius 3 is 1.32 bits per heavy atom. The predicted molar refractivity (Wildman–Crippen MR) is 227 cm³/mol. The third-order valence-corrected chi connectivity index (χ3v) is 12.9. The standard InChI is InChI=1S/C46H34N4O8S2/c51-45(21-19-35-29-49(43-17-9-7-15-39(35)43)59(53,54)37-11-3-1-4-12-37)57-31-33-23-25-47-41(27-33)42-28-34(24-26-48-42)32-58-46(52)22-20-36-30-50(44-18-10-8-16-40(36)44)60(55,56)38-13-5-2-6-14-38/h1-30H,31-32H2/b21-19+,22-20+. The van der Waals surface area contributed by atoms with Crippen LogP contribution in [0.5, 0.6) is 0 Å². The van der Waals surface area contributed by atoms with Gasteiger partial charge in [0.25, 0.3) is 20.0 Å². The van der Waals surface area contributed by atoms with Gasteiger partial charge in [-0.3, -0.25) is 9.97 Å². The number of hydrogen-bond acceptors (Lipinski definition) is 10. The summed E-state index contributed by atoms with van der Waals surface area (Å²) >= 11 is 0. The summed E-state index contributed by atoms with van der Waals surface area (Å²) in [7, 11) is -7.76. The first-order chi connectivity index (χ1) is 29.1. The van der Waals surface area contributed by atoms with E-state index in [1.807, 2.05) is 0 Å². The molecule has 0 saturated heterocycles. The van der Waals surface area contributed by atoms with Crippen LogP contribution in [0.25, 0.3) is 45.3 Å². The molecule has 0 spiro atoms. The van der Waals surface area contributed by atoms with E-state index in [9.17, 15) is 26.4 Å². The lowest BCUT2D eigenvalue weighted by Crippen LogP contribution is -2.11. The Hall–Kier alpha value is -7.42. The van der Waals surface area contributed by atoms with Crippen LogP contribution in [0.1, 0.15) is 22.3 Å². The van der Waals surface area contributed by atoms with E-state index in [-0.39, 0.29) is 23.0 Å². The van der Waals surface area contributed by atoms with Crippen molar-refractivity contribution in [2.75, 3.05) is 0 Å². The number of para-hydroxylation sites is 2. The highest BCUT2D eigenvalue weighted by atomic mass is 32.2. The minimum Gasteiger partial charge on any atom is -0.458 e. The molecule has 0 N–H and O–H groups in total. The lowest BCUT2D eigenvalue weighted by molar-refractivity contribution is -0.139. The Kier molecular flexibility index (Phi) is 11.0. The van der Waals surface area contributed by atoms with Gasteiger partial charge in [0.1, 0.15) is 13.2 Å². The normalized spacial score (nSPS) is 12.1. The SMILES string of the molecule is O=C(/C=C/c1cn(S(=O)(=O)c2ccccc2)c2ccccc12)OCc1ccnc(-c2cc(COC(=O)/C=C/c3cn(S(=O)(=O)c4ccccc4)c4ccccc34)ccn2)c1. The average Bonchev–Trinajstić information content (AvgIpc) is 3.87. The molecule has 8 rings (SSSR count). The quantitative estimate of drug-likeness (QED) is 0.0823. The molecule has 4 aromatic heterocycles. The number of hydrogen-bond donors (Lipinski definition) is 0. The molecule has 0 aliphatic rings. The summed E-state index contributed by atoms with van der Waals surface area (Å²) in [6.45, 7) is -0.132. The van der Waals surface area contributed by atoms with E-state index < -0.39 is 32.0 Å². The predicted octanol–water partition coefficient (Wildman–Crippen LogP) is 8.04. The summed E-state index contributed by atoms with van der Waals surface area (Å²) in [4.78, 5) is 34.8. The third kappa shape index (κ3) is 8.27. The van der Waals surface area contributed by atoms with Gasteiger partial charge in [-0.05, 0) is 83.9 Å². The average molecular weight is 835 g/mol. The van der Waals surface area contributed by atoms with Crippen LogP contribution >= 0.6 is 0 Å². The second kappa shape index (κ2) is 16.8. The zero-order chi connectivity index (χ0) is 41.7. The number of aromatic nitrogens is 4. The second-order valence-electron chi connectivity index (χ2n) is 13.4. The molecule has 14 heteroatoms. The molecular formula is C46H34N4O8S2. The van der Waals surface area contributed by atoms with Gasteiger partial charge >= 0.3 is 11.9 Å². The summed E-state index contributed by atoms with van der Waals surface area (Å²) in [6, 6.07) is 37.2. The fourth-order valence-corrected chi connectivity index (χ4v) is 9.35. The first kappa shape index (κ1) is 39.4. The number of rotatable bonds is 13. The molecule has 60 heavy (non-hydrogen) atoms. The first-order valence-electron chi connectivity index (χ1n) is 18.5. The topological polar surface area (TPSA) is 157 Å². The van der Waals surface area contributed by atoms with Gasteiger partial charge in [0.15, 0.2) is 0 Å². The van der Waals surface area contributed by atoms with Crippen LogP contribution in [0.3, 0.4) is 0 Å². The zero-order valence-corrected chi connectivity index (χ0v) is 33.2. The molecule has 0 atom stereocenters. The highest BCUT2D eigenvalue weighted by Crippen LogP contribution is 2.29. The van der Waals surface area contributed by atoms with Gasteiger partial charge in [0, 0.05) is 58.8 Å². The number of ether oxygens (including phenoxy) is 2. The summed E-state index contributed by atoms with van der Waals surface area (Å²) < 4.78 is 67.1. The second-order valence-corrected chi connectivity index (χ2v) is 17.0. The number of nitrogens with zero attached hydrogens (tertiary/aromatic N) is 4. The third-order valence-electron chi connectivity index (χ3n) is 9.49. The van der Waals surface area contributed by atoms with Crippen molar-refractivity contribution >= 4 is 65.9 Å². The van der Waals surface area contributed by atoms with Crippen LogP contribution in [0.15, 0.2) is 180 Å². The Bertz CT molecular complexity index is 2960. The number of fused-ring (bicyclic) bond motifs is 2. The van der Waals surface area contributed by atoms with Gasteiger partial charge in [-0.15, -0.1) is 0 Å². The molecule has 0 radical (unpaired) electrons. The highest BCUT2D eigenvalue weighted by Gasteiger charge is 2.22. The number of esters is 2. The number of pyridine rings is 2. The van der Waals surface area contributed by atoms with E-state index in [0.717, 1.165) is 0 Å². The molecule has 0 fully saturated rings. The minimum absolute atomic E-state index is 0.0661. The molecule has 8 aromatic rings. The molecule has 0 aliphatic heterocycles. The molecule has 0 bridgehead atoms. The highest BCUT2D eigenvalue weighted by molar-refractivity contribution is 7.90. The van der Waals surface area contributed by atoms with Gasteiger partial charge in [-0.25, -0.2) is 34.4 Å². The maximum absolute atomic E-state index is 13.4. The molecular weight excluding hydrogens is 801 g/mol. The number of carbonyl (C=O) groups excluding carboxylic acids is 2. The maximum Gasteiger partial charge on any atom is 0.331 e. The van der Waals surface area contributed by atoms with Crippen LogP contribution in [0.4, 0.5) is 0 Å². The molecule has 12 nitrogen and oxygen atoms in total. The zero-order valence-electron chi connectivity index (χ0n) is 31.6. The molecule has 0 unspecified atom stereocenters. The van der Waals surface area contributed by atoms with E-state index in [2.05, 4.69) is 9.97 Å². The van der Waals surface area contributed by atoms with Crippen LogP contribution in [-0.4, -0.2) is 46.7 Å². The van der Waals surface area contributed by atoms with Crippen LogP contribution in [-0.2, 0) is 52.3 Å². The Morgan fingerprint density at radius 1 is 0.517 bits per heavy atom. The van der Waals surface area contributed by atoms with Crippen molar-refractivity contribution in [3.8, 4) is 11.4 Å². The summed E-state index contributed by atoms with van der Waals surface area (Å²) in [5.74, 6) is -1.26. The van der Waals surface area contributed by atoms with Crippen molar-refractivity contribution < 1.29 is 35.9 Å². The van der Waals surface area contributed by atoms with E-state index in [1.165, 1.54) is 68.9 Å². The lowest BCUT2D eigenvalue weighted by atomic mass is 10.1. The summed E-state index contributed by atoms with van der Waals surface area (Å²) in [5.41, 5.74) is 4.30. The molecule has 4 heterocycles. The molecule has 0 aliphatic carbocycles. The molecule has 0 amide bonds. The van der Waals surface area contributed by atoms with Crippen LogP contribution in [0.2, 0.25) is 0 Å². The monoisotopic (exact) mass is 834 g/mol. The van der Waals surface area contributed by atoms with Crippen molar-refractivity contribution in [3.05, 3.63) is 193 Å². The fourth-order valence-electron chi connectivity index (χ4n) is 6.56. The molecule has 4 aromatic carbocycles. The van der Waals surface area contributed by atoms with Gasteiger partial charge in [0.05, 0.1) is 32.2 Å². The Balaban J connectivity index is 0.900. The van der Waals surface area contributed by atoms with Crippen molar-refractivity contribution in [3.63, 3.8) is 0 Å². The Labute approximate surface area is 345 Å². The maximum atomic E-state index is 13.4. The van der Waals surface area contributed by atoms with Crippen molar-refractivity contribution in [1.82, 2.24) is 17.9 Å². The Morgan fingerprint density at radius 2 is 0.900 bits per heavy atom. The van der Waals surface area contributed by atoms with Gasteiger partial charge in [0.2, 0.25) is 0 Å². The summed E-state index contributed by atoms with van der Waals surface area (Å²) in [6.07, 6.45) is 11.6. The minimum atomic E-state index is -3.88. The van der Waals surface area contributed by atoms with Crippen molar-refractivity contribution in [1.29, 1.82) is 0 Å². The van der Waals surface area contributed by atoms with Gasteiger partial charge in [-0.2, -0.15) is 0 Å². The van der Waals surface area contributed by atoms with Crippen LogP contribution < -0.4 is 0 Å². The van der Waals surface area contributed by atoms with E-state index in [0.29, 0.717) is 55.4 Å². The van der Waals surface area contributed by atoms with E-state index in [4.69, 9.17) is 9.47 Å². The van der Waals surface area contributed by atoms with Gasteiger partial charge in [-0.1, -0.05) is 72.8 Å². The van der Waals surface area contributed by atoms with Crippen LogP contribution in [0, 0.1) is 0 Å². The van der Waals surface area contributed by atoms with Crippen molar-refractivity contribution in [2.24, 2.45) is 0 Å². The largest absolute Gasteiger partial charge is 0.458 e. The van der Waals surface area contributed by atoms with E-state index in [1.54, 1.807) is 122 Å². The van der Waals surface area contributed by atoms with E-state index >= 15 is 0 Å². The molecule has 0 saturated carbocycles. The number of carbonyl (C=O) groups is 2. The first-order valence-corrected chi connectivity index (χ1v) is 21.4. The van der Waals surface area contributed by atoms with Gasteiger partial charge < -0.3 is 9.47 Å². The molecule has 298 valence electrons. The van der Waals surface area contributed by atoms with Crippen molar-refractivity contribution in [2.45, 2.75) is 23.0 Å². The lowest BCUT2D eigenvalue weighted by Gasteiger charge is -2.07. The summed E-state index contributed by atoms with van der Waals surface area (Å²) in [5, 5.41) is 1.30. The fraction of sp³-hybridized carbons (Fsp3) is 0.0435. The smallest absolute Gasteiger partial charge is 0.331 e.